The molecule has 0 bridgehead atoms. The minimum absolute atomic E-state index is 0.256. The van der Waals surface area contributed by atoms with Gasteiger partial charge in [0.25, 0.3) is 0 Å². The lowest BCUT2D eigenvalue weighted by Gasteiger charge is -2.06. The number of nitrogens with zero attached hydrogens (tertiary/aromatic N) is 1. The molecule has 0 aliphatic rings. The van der Waals surface area contributed by atoms with Gasteiger partial charge < -0.3 is 5.73 Å². The molecule has 2 aromatic rings. The van der Waals surface area contributed by atoms with Gasteiger partial charge in [-0.2, -0.15) is 0 Å². The molecule has 0 radical (unpaired) electrons. The SMILES string of the molecule is Cc1ncc(N)cc1-c1ccccc1F. The van der Waals surface area contributed by atoms with Crippen LogP contribution in [0.3, 0.4) is 0 Å². The first-order chi connectivity index (χ1) is 7.18. The zero-order valence-electron chi connectivity index (χ0n) is 8.37. The van der Waals surface area contributed by atoms with Crippen molar-refractivity contribution in [2.75, 3.05) is 5.73 Å². The van der Waals surface area contributed by atoms with Gasteiger partial charge in [-0.3, -0.25) is 4.98 Å². The van der Waals surface area contributed by atoms with Crippen molar-refractivity contribution in [3.8, 4) is 11.1 Å². The summed E-state index contributed by atoms with van der Waals surface area (Å²) in [6, 6.07) is 8.34. The van der Waals surface area contributed by atoms with Crippen LogP contribution in [-0.2, 0) is 0 Å². The van der Waals surface area contributed by atoms with E-state index in [1.165, 1.54) is 6.07 Å². The zero-order chi connectivity index (χ0) is 10.8. The summed E-state index contributed by atoms with van der Waals surface area (Å²) in [5, 5.41) is 0. The van der Waals surface area contributed by atoms with Gasteiger partial charge in [0.1, 0.15) is 5.82 Å². The van der Waals surface area contributed by atoms with Crippen LogP contribution >= 0.6 is 0 Å². The number of benzene rings is 1. The van der Waals surface area contributed by atoms with E-state index in [1.807, 2.05) is 6.92 Å². The second kappa shape index (κ2) is 3.69. The number of nitrogen functional groups attached to an aromatic ring is 1. The van der Waals surface area contributed by atoms with E-state index in [-0.39, 0.29) is 5.82 Å². The quantitative estimate of drug-likeness (QED) is 0.772. The third-order valence-electron chi connectivity index (χ3n) is 2.27. The third-order valence-corrected chi connectivity index (χ3v) is 2.27. The molecule has 1 aromatic carbocycles. The fourth-order valence-corrected chi connectivity index (χ4v) is 1.50. The molecule has 0 atom stereocenters. The van der Waals surface area contributed by atoms with Crippen LogP contribution in [0, 0.1) is 12.7 Å². The normalized spacial score (nSPS) is 10.3. The summed E-state index contributed by atoms with van der Waals surface area (Å²) >= 11 is 0. The molecule has 0 amide bonds. The maximum atomic E-state index is 13.5. The predicted molar refractivity (Wildman–Crippen MR) is 58.8 cm³/mol. The Kier molecular flexibility index (Phi) is 2.37. The highest BCUT2D eigenvalue weighted by Gasteiger charge is 2.07. The van der Waals surface area contributed by atoms with Gasteiger partial charge in [0.05, 0.1) is 11.9 Å². The number of hydrogen-bond donors (Lipinski definition) is 1. The van der Waals surface area contributed by atoms with Crippen LogP contribution in [0.2, 0.25) is 0 Å². The van der Waals surface area contributed by atoms with E-state index in [2.05, 4.69) is 4.98 Å². The minimum Gasteiger partial charge on any atom is -0.397 e. The van der Waals surface area contributed by atoms with Crippen molar-refractivity contribution in [3.63, 3.8) is 0 Å². The van der Waals surface area contributed by atoms with Crippen molar-refractivity contribution in [2.45, 2.75) is 6.92 Å². The molecule has 2 rings (SSSR count). The molecule has 0 aliphatic heterocycles. The molecule has 15 heavy (non-hydrogen) atoms. The second-order valence-electron chi connectivity index (χ2n) is 3.38. The van der Waals surface area contributed by atoms with Crippen molar-refractivity contribution in [1.82, 2.24) is 4.98 Å². The summed E-state index contributed by atoms with van der Waals surface area (Å²) in [6.07, 6.45) is 1.57. The molecule has 1 heterocycles. The topological polar surface area (TPSA) is 38.9 Å². The molecule has 0 saturated carbocycles. The van der Waals surface area contributed by atoms with Crippen LogP contribution in [0.15, 0.2) is 36.5 Å². The maximum absolute atomic E-state index is 13.5. The van der Waals surface area contributed by atoms with E-state index in [9.17, 15) is 4.39 Å². The number of aryl methyl sites for hydroxylation is 1. The van der Waals surface area contributed by atoms with Crippen LogP contribution in [0.4, 0.5) is 10.1 Å². The van der Waals surface area contributed by atoms with E-state index in [0.29, 0.717) is 11.3 Å². The largest absolute Gasteiger partial charge is 0.397 e. The highest BCUT2D eigenvalue weighted by molar-refractivity contribution is 5.69. The van der Waals surface area contributed by atoms with Crippen LogP contribution in [0.25, 0.3) is 11.1 Å². The number of aromatic nitrogens is 1. The summed E-state index contributed by atoms with van der Waals surface area (Å²) in [5.74, 6) is -0.256. The second-order valence-corrected chi connectivity index (χ2v) is 3.38. The first-order valence-electron chi connectivity index (χ1n) is 4.65. The number of anilines is 1. The summed E-state index contributed by atoms with van der Waals surface area (Å²) in [4.78, 5) is 4.10. The zero-order valence-corrected chi connectivity index (χ0v) is 8.37. The van der Waals surface area contributed by atoms with Crippen LogP contribution in [-0.4, -0.2) is 4.98 Å². The average molecular weight is 202 g/mol. The van der Waals surface area contributed by atoms with Crippen molar-refractivity contribution in [1.29, 1.82) is 0 Å². The van der Waals surface area contributed by atoms with Gasteiger partial charge in [-0.25, -0.2) is 4.39 Å². The summed E-state index contributed by atoms with van der Waals surface area (Å²) < 4.78 is 13.5. The Bertz CT molecular complexity index is 495. The summed E-state index contributed by atoms with van der Waals surface area (Å²) in [5.41, 5.74) is 8.22. The molecule has 3 heteroatoms. The fourth-order valence-electron chi connectivity index (χ4n) is 1.50. The first kappa shape index (κ1) is 9.65. The standard InChI is InChI=1S/C12H11FN2/c1-8-11(6-9(14)7-15-8)10-4-2-3-5-12(10)13/h2-7H,14H2,1H3. The monoisotopic (exact) mass is 202 g/mol. The lowest BCUT2D eigenvalue weighted by atomic mass is 10.0. The Morgan fingerprint density at radius 1 is 1.20 bits per heavy atom. The highest BCUT2D eigenvalue weighted by Crippen LogP contribution is 2.26. The van der Waals surface area contributed by atoms with E-state index < -0.39 is 0 Å². The Balaban J connectivity index is 2.64. The number of pyridine rings is 1. The van der Waals surface area contributed by atoms with Crippen LogP contribution in [0.5, 0.6) is 0 Å². The fraction of sp³-hybridized carbons (Fsp3) is 0.0833. The lowest BCUT2D eigenvalue weighted by Crippen LogP contribution is -1.94. The Hall–Kier alpha value is -1.90. The van der Waals surface area contributed by atoms with Crippen molar-refractivity contribution < 1.29 is 4.39 Å². The molecule has 0 unspecified atom stereocenters. The Labute approximate surface area is 87.6 Å². The van der Waals surface area contributed by atoms with E-state index >= 15 is 0 Å². The number of rotatable bonds is 1. The predicted octanol–water partition coefficient (Wildman–Crippen LogP) is 2.78. The van der Waals surface area contributed by atoms with Crippen molar-refractivity contribution in [2.24, 2.45) is 0 Å². The van der Waals surface area contributed by atoms with Gasteiger partial charge >= 0.3 is 0 Å². The van der Waals surface area contributed by atoms with Gasteiger partial charge in [-0.15, -0.1) is 0 Å². The summed E-state index contributed by atoms with van der Waals surface area (Å²) in [6.45, 7) is 1.83. The Morgan fingerprint density at radius 3 is 2.67 bits per heavy atom. The Morgan fingerprint density at radius 2 is 1.93 bits per heavy atom. The molecule has 0 spiro atoms. The molecule has 0 saturated heterocycles. The maximum Gasteiger partial charge on any atom is 0.131 e. The summed E-state index contributed by atoms with van der Waals surface area (Å²) in [7, 11) is 0. The average Bonchev–Trinajstić information content (AvgIpc) is 2.23. The number of hydrogen-bond acceptors (Lipinski definition) is 2. The van der Waals surface area contributed by atoms with Crippen LogP contribution < -0.4 is 5.73 Å². The van der Waals surface area contributed by atoms with Gasteiger partial charge in [0.15, 0.2) is 0 Å². The molecule has 2 N–H and O–H groups in total. The molecular formula is C12H11FN2. The highest BCUT2D eigenvalue weighted by atomic mass is 19.1. The smallest absolute Gasteiger partial charge is 0.131 e. The lowest BCUT2D eigenvalue weighted by molar-refractivity contribution is 0.631. The van der Waals surface area contributed by atoms with E-state index in [0.717, 1.165) is 11.3 Å². The van der Waals surface area contributed by atoms with Crippen molar-refractivity contribution >= 4 is 5.69 Å². The molecule has 0 aliphatic carbocycles. The van der Waals surface area contributed by atoms with E-state index in [1.54, 1.807) is 30.5 Å². The molecule has 0 fully saturated rings. The third kappa shape index (κ3) is 1.81. The van der Waals surface area contributed by atoms with Crippen molar-refractivity contribution in [3.05, 3.63) is 48.0 Å². The molecule has 1 aromatic heterocycles. The van der Waals surface area contributed by atoms with Gasteiger partial charge in [-0.05, 0) is 19.1 Å². The van der Waals surface area contributed by atoms with Crippen LogP contribution in [0.1, 0.15) is 5.69 Å². The first-order valence-corrected chi connectivity index (χ1v) is 4.65. The number of halogens is 1. The molecule has 76 valence electrons. The minimum atomic E-state index is -0.256. The van der Waals surface area contributed by atoms with Gasteiger partial charge in [-0.1, -0.05) is 18.2 Å². The van der Waals surface area contributed by atoms with Gasteiger partial charge in [0.2, 0.25) is 0 Å². The number of nitrogens with two attached hydrogens (primary N) is 1. The van der Waals surface area contributed by atoms with E-state index in [4.69, 9.17) is 5.73 Å². The molecule has 2 nitrogen and oxygen atoms in total. The van der Waals surface area contributed by atoms with Gasteiger partial charge in [0, 0.05) is 16.8 Å². The molecular weight excluding hydrogens is 191 g/mol.